The van der Waals surface area contributed by atoms with Crippen LogP contribution in [-0.4, -0.2) is 49.2 Å². The number of hydrogen-bond donors (Lipinski definition) is 1. The van der Waals surface area contributed by atoms with Crippen LogP contribution in [0, 0.1) is 0 Å². The van der Waals surface area contributed by atoms with Crippen molar-refractivity contribution in [3.05, 3.63) is 53.6 Å². The van der Waals surface area contributed by atoms with Gasteiger partial charge in [0.05, 0.1) is 24.1 Å². The first-order chi connectivity index (χ1) is 13.5. The highest BCUT2D eigenvalue weighted by Gasteiger charge is 2.19. The average molecular weight is 400 g/mol. The molecule has 2 aromatic rings. The zero-order valence-electron chi connectivity index (χ0n) is 15.6. The monoisotopic (exact) mass is 400 g/mol. The Labute approximate surface area is 167 Å². The number of fused-ring (bicyclic) bond motifs is 1. The van der Waals surface area contributed by atoms with E-state index in [0.717, 1.165) is 16.2 Å². The van der Waals surface area contributed by atoms with Gasteiger partial charge >= 0.3 is 5.97 Å². The van der Waals surface area contributed by atoms with E-state index in [0.29, 0.717) is 18.0 Å². The Hall–Kier alpha value is -3.00. The molecule has 7 nitrogen and oxygen atoms in total. The molecule has 0 fully saturated rings. The number of thioether (sulfide) groups is 1. The van der Waals surface area contributed by atoms with Gasteiger partial charge in [0.2, 0.25) is 5.91 Å². The van der Waals surface area contributed by atoms with Crippen LogP contribution < -0.4 is 10.1 Å². The number of nitrogens with zero attached hydrogens (tertiary/aromatic N) is 1. The molecule has 1 N–H and O–H groups in total. The highest BCUT2D eigenvalue weighted by molar-refractivity contribution is 8.00. The van der Waals surface area contributed by atoms with Gasteiger partial charge in [-0.15, -0.1) is 11.8 Å². The summed E-state index contributed by atoms with van der Waals surface area (Å²) in [5.41, 5.74) is 1.80. The maximum absolute atomic E-state index is 12.2. The zero-order valence-corrected chi connectivity index (χ0v) is 16.4. The molecule has 1 aliphatic heterocycles. The fourth-order valence-corrected chi connectivity index (χ4v) is 3.41. The molecular weight excluding hydrogens is 380 g/mol. The van der Waals surface area contributed by atoms with Crippen molar-refractivity contribution in [2.75, 3.05) is 31.8 Å². The van der Waals surface area contributed by atoms with Gasteiger partial charge in [0.1, 0.15) is 5.75 Å². The Morgan fingerprint density at radius 1 is 1.18 bits per heavy atom. The van der Waals surface area contributed by atoms with Gasteiger partial charge in [0.25, 0.3) is 5.91 Å². The van der Waals surface area contributed by atoms with E-state index in [2.05, 4.69) is 5.32 Å². The van der Waals surface area contributed by atoms with Crippen LogP contribution in [0.25, 0.3) is 0 Å². The minimum atomic E-state index is -0.612. The number of anilines is 1. The maximum Gasteiger partial charge on any atom is 0.338 e. The lowest BCUT2D eigenvalue weighted by molar-refractivity contribution is -0.133. The van der Waals surface area contributed by atoms with Crippen LogP contribution in [-0.2, 0) is 20.9 Å². The van der Waals surface area contributed by atoms with Crippen LogP contribution in [0.3, 0.4) is 0 Å². The number of ether oxygens (including phenoxy) is 2. The molecule has 1 heterocycles. The normalized spacial score (nSPS) is 12.6. The van der Waals surface area contributed by atoms with Gasteiger partial charge in [-0.05, 0) is 35.9 Å². The number of hydrogen-bond acceptors (Lipinski definition) is 6. The summed E-state index contributed by atoms with van der Waals surface area (Å²) in [6.07, 6.45) is 0. The topological polar surface area (TPSA) is 84.9 Å². The van der Waals surface area contributed by atoms with E-state index in [9.17, 15) is 14.4 Å². The second-order valence-electron chi connectivity index (χ2n) is 6.22. The summed E-state index contributed by atoms with van der Waals surface area (Å²) in [4.78, 5) is 38.3. The summed E-state index contributed by atoms with van der Waals surface area (Å²) in [5, 5.41) is 2.72. The quantitative estimate of drug-likeness (QED) is 0.750. The third-order valence-electron chi connectivity index (χ3n) is 4.18. The molecule has 0 spiro atoms. The Kier molecular flexibility index (Phi) is 6.20. The molecule has 28 heavy (non-hydrogen) atoms. The molecule has 0 aliphatic carbocycles. The maximum atomic E-state index is 12.2. The number of esters is 1. The molecule has 2 amide bonds. The van der Waals surface area contributed by atoms with Crippen LogP contribution in [0.4, 0.5) is 5.69 Å². The minimum Gasteiger partial charge on any atom is -0.497 e. The molecule has 146 valence electrons. The van der Waals surface area contributed by atoms with Crippen molar-refractivity contribution in [2.45, 2.75) is 11.4 Å². The van der Waals surface area contributed by atoms with E-state index < -0.39 is 5.97 Å². The number of carbonyl (C=O) groups excluding carboxylic acids is 3. The summed E-state index contributed by atoms with van der Waals surface area (Å²) in [5.74, 6) is 0.0562. The number of rotatable bonds is 6. The van der Waals surface area contributed by atoms with E-state index in [4.69, 9.17) is 9.47 Å². The highest BCUT2D eigenvalue weighted by Crippen LogP contribution is 2.32. The largest absolute Gasteiger partial charge is 0.497 e. The van der Waals surface area contributed by atoms with Gasteiger partial charge in [-0.25, -0.2) is 4.79 Å². The molecule has 0 saturated heterocycles. The molecule has 0 bridgehead atoms. The molecule has 0 radical (unpaired) electrons. The van der Waals surface area contributed by atoms with Crippen LogP contribution >= 0.6 is 11.8 Å². The summed E-state index contributed by atoms with van der Waals surface area (Å²) in [6, 6.07) is 12.3. The van der Waals surface area contributed by atoms with Crippen LogP contribution in [0.1, 0.15) is 15.9 Å². The summed E-state index contributed by atoms with van der Waals surface area (Å²) >= 11 is 1.41. The van der Waals surface area contributed by atoms with E-state index in [-0.39, 0.29) is 24.0 Å². The van der Waals surface area contributed by atoms with Gasteiger partial charge in [0, 0.05) is 18.5 Å². The standard InChI is InChI=1S/C20H20N2O5S/c1-22(10-13-3-6-15(26-2)7-4-13)19(24)11-27-20(25)14-5-8-17-16(9-14)21-18(23)12-28-17/h3-9H,10-12H2,1-2H3,(H,21,23). The van der Waals surface area contributed by atoms with Gasteiger partial charge in [0.15, 0.2) is 6.61 Å². The van der Waals surface area contributed by atoms with Gasteiger partial charge in [-0.2, -0.15) is 0 Å². The molecule has 8 heteroatoms. The van der Waals surface area contributed by atoms with Crippen molar-refractivity contribution in [2.24, 2.45) is 0 Å². The molecule has 0 unspecified atom stereocenters. The van der Waals surface area contributed by atoms with Gasteiger partial charge in [-0.1, -0.05) is 12.1 Å². The Balaban J connectivity index is 1.54. The zero-order chi connectivity index (χ0) is 20.1. The van der Waals surface area contributed by atoms with E-state index in [1.807, 2.05) is 24.3 Å². The van der Waals surface area contributed by atoms with E-state index in [1.54, 1.807) is 32.4 Å². The number of amides is 2. The number of methoxy groups -OCH3 is 1. The highest BCUT2D eigenvalue weighted by atomic mass is 32.2. The van der Waals surface area contributed by atoms with Gasteiger partial charge < -0.3 is 19.7 Å². The van der Waals surface area contributed by atoms with Crippen LogP contribution in [0.2, 0.25) is 0 Å². The number of carbonyl (C=O) groups is 3. The first-order valence-corrected chi connectivity index (χ1v) is 9.55. The van der Waals surface area contributed by atoms with Crippen LogP contribution in [0.5, 0.6) is 5.75 Å². The lowest BCUT2D eigenvalue weighted by atomic mass is 10.2. The molecule has 2 aromatic carbocycles. The van der Waals surface area contributed by atoms with Crippen molar-refractivity contribution in [1.82, 2.24) is 4.90 Å². The second kappa shape index (κ2) is 8.79. The Bertz CT molecular complexity index is 898. The van der Waals surface area contributed by atoms with Crippen molar-refractivity contribution < 1.29 is 23.9 Å². The lowest BCUT2D eigenvalue weighted by Gasteiger charge is -2.18. The van der Waals surface area contributed by atoms with Gasteiger partial charge in [-0.3, -0.25) is 9.59 Å². The number of nitrogens with one attached hydrogen (secondary N) is 1. The molecule has 0 saturated carbocycles. The first kappa shape index (κ1) is 19.8. The predicted octanol–water partition coefficient (Wildman–Crippen LogP) is 2.55. The summed E-state index contributed by atoms with van der Waals surface area (Å²) in [6.45, 7) is 0.0339. The smallest absolute Gasteiger partial charge is 0.338 e. The molecule has 3 rings (SSSR count). The fraction of sp³-hybridized carbons (Fsp3) is 0.250. The first-order valence-electron chi connectivity index (χ1n) is 8.57. The van der Waals surface area contributed by atoms with Crippen molar-refractivity contribution in [1.29, 1.82) is 0 Å². The number of benzene rings is 2. The average Bonchev–Trinajstić information content (AvgIpc) is 2.71. The molecule has 0 atom stereocenters. The third-order valence-corrected chi connectivity index (χ3v) is 5.25. The van der Waals surface area contributed by atoms with E-state index >= 15 is 0 Å². The molecule has 0 aromatic heterocycles. The molecular formula is C20H20N2O5S. The minimum absolute atomic E-state index is 0.113. The predicted molar refractivity (Wildman–Crippen MR) is 106 cm³/mol. The number of likely N-dealkylation sites (N-methyl/N-ethyl adjacent to an activating group) is 1. The summed E-state index contributed by atoms with van der Waals surface area (Å²) < 4.78 is 10.2. The van der Waals surface area contributed by atoms with Crippen molar-refractivity contribution in [3.63, 3.8) is 0 Å². The Morgan fingerprint density at radius 3 is 2.64 bits per heavy atom. The second-order valence-corrected chi connectivity index (χ2v) is 7.24. The van der Waals surface area contributed by atoms with Crippen LogP contribution in [0.15, 0.2) is 47.4 Å². The third kappa shape index (κ3) is 4.83. The summed E-state index contributed by atoms with van der Waals surface area (Å²) in [7, 11) is 3.24. The lowest BCUT2D eigenvalue weighted by Crippen LogP contribution is -2.30. The van der Waals surface area contributed by atoms with Crippen molar-refractivity contribution >= 4 is 35.2 Å². The molecule has 1 aliphatic rings. The fourth-order valence-electron chi connectivity index (χ4n) is 2.62. The Morgan fingerprint density at radius 2 is 1.93 bits per heavy atom. The SMILES string of the molecule is COc1ccc(CN(C)C(=O)COC(=O)c2ccc3c(c2)NC(=O)CS3)cc1. The van der Waals surface area contributed by atoms with E-state index in [1.165, 1.54) is 16.7 Å². The van der Waals surface area contributed by atoms with Crippen molar-refractivity contribution in [3.8, 4) is 5.75 Å².